The van der Waals surface area contributed by atoms with Crippen LogP contribution in [-0.4, -0.2) is 24.9 Å². The summed E-state index contributed by atoms with van der Waals surface area (Å²) in [5.74, 6) is 0.677. The fourth-order valence-electron chi connectivity index (χ4n) is 3.91. The first-order valence-electron chi connectivity index (χ1n) is 12.7. The van der Waals surface area contributed by atoms with E-state index in [-0.39, 0.29) is 0 Å². The molecule has 0 aliphatic rings. The summed E-state index contributed by atoms with van der Waals surface area (Å²) >= 11 is 0. The van der Waals surface area contributed by atoms with Crippen molar-refractivity contribution < 1.29 is 4.43 Å². The molecule has 2 aromatic heterocycles. The SMILES string of the molecule is CCCCCCCc1ccc(-c2cccnc2O[Si]CCCCC(C)(C)CCCC)nn1. The maximum atomic E-state index is 6.07. The van der Waals surface area contributed by atoms with Gasteiger partial charge in [0.2, 0.25) is 5.88 Å². The van der Waals surface area contributed by atoms with Crippen LogP contribution in [0.25, 0.3) is 11.3 Å². The molecule has 0 atom stereocenters. The topological polar surface area (TPSA) is 47.9 Å². The second kappa shape index (κ2) is 15.1. The highest BCUT2D eigenvalue weighted by atomic mass is 28.2. The molecular weight excluding hydrogens is 410 g/mol. The first-order valence-corrected chi connectivity index (χ1v) is 13.8. The Morgan fingerprint density at radius 3 is 2.38 bits per heavy atom. The van der Waals surface area contributed by atoms with E-state index in [4.69, 9.17) is 4.43 Å². The molecule has 0 saturated heterocycles. The lowest BCUT2D eigenvalue weighted by atomic mass is 9.82. The molecule has 2 heterocycles. The molecule has 0 aliphatic carbocycles. The minimum Gasteiger partial charge on any atom is -0.528 e. The molecule has 176 valence electrons. The molecule has 2 aromatic rings. The number of unbranched alkanes of at least 4 members (excludes halogenated alkanes) is 6. The third-order valence-electron chi connectivity index (χ3n) is 6.06. The van der Waals surface area contributed by atoms with Gasteiger partial charge in [-0.15, -0.1) is 0 Å². The van der Waals surface area contributed by atoms with Crippen LogP contribution < -0.4 is 4.43 Å². The van der Waals surface area contributed by atoms with Crippen LogP contribution in [0.2, 0.25) is 6.04 Å². The molecular formula is C27H43N3OSi. The molecule has 0 spiro atoms. The predicted octanol–water partition coefficient (Wildman–Crippen LogP) is 7.85. The molecule has 0 aliphatic heterocycles. The van der Waals surface area contributed by atoms with Crippen LogP contribution in [-0.2, 0) is 6.42 Å². The average molecular weight is 454 g/mol. The molecule has 5 heteroatoms. The zero-order chi connectivity index (χ0) is 23.1. The molecule has 0 bridgehead atoms. The van der Waals surface area contributed by atoms with Gasteiger partial charge in [0.1, 0.15) is 0 Å². The van der Waals surface area contributed by atoms with E-state index in [9.17, 15) is 0 Å². The highest BCUT2D eigenvalue weighted by molar-refractivity contribution is 6.28. The van der Waals surface area contributed by atoms with Crippen LogP contribution >= 0.6 is 0 Å². The Hall–Kier alpha value is -1.75. The van der Waals surface area contributed by atoms with Gasteiger partial charge < -0.3 is 4.43 Å². The van der Waals surface area contributed by atoms with E-state index >= 15 is 0 Å². The van der Waals surface area contributed by atoms with Crippen LogP contribution in [0.1, 0.15) is 104 Å². The minimum atomic E-state index is 0.432. The highest BCUT2D eigenvalue weighted by Gasteiger charge is 2.16. The molecule has 32 heavy (non-hydrogen) atoms. The fraction of sp³-hybridized carbons (Fsp3) is 0.667. The third-order valence-corrected chi connectivity index (χ3v) is 6.96. The summed E-state index contributed by atoms with van der Waals surface area (Å²) in [4.78, 5) is 4.46. The van der Waals surface area contributed by atoms with E-state index in [0.717, 1.165) is 29.4 Å². The second-order valence-electron chi connectivity index (χ2n) is 9.65. The van der Waals surface area contributed by atoms with E-state index in [1.54, 1.807) is 6.20 Å². The number of rotatable bonds is 17. The number of hydrogen-bond acceptors (Lipinski definition) is 4. The Balaban J connectivity index is 1.77. The summed E-state index contributed by atoms with van der Waals surface area (Å²) in [6.45, 7) is 9.33. The smallest absolute Gasteiger partial charge is 0.312 e. The standard InChI is InChI=1S/C27H43N3OSi/c1-5-7-9-10-11-15-23-17-18-25(30-29-23)24-16-14-21-28-26(24)31-32-22-13-12-20-27(3,4)19-8-6-2/h14,16-18,21H,5-13,15,19-20,22H2,1-4H3. The van der Waals surface area contributed by atoms with Crippen molar-refractivity contribution in [1.82, 2.24) is 15.2 Å². The van der Waals surface area contributed by atoms with Gasteiger partial charge in [-0.2, -0.15) is 10.2 Å². The highest BCUT2D eigenvalue weighted by Crippen LogP contribution is 2.30. The lowest BCUT2D eigenvalue weighted by molar-refractivity contribution is 0.288. The van der Waals surface area contributed by atoms with E-state index in [1.807, 2.05) is 12.1 Å². The Morgan fingerprint density at radius 1 is 0.844 bits per heavy atom. The predicted molar refractivity (Wildman–Crippen MR) is 136 cm³/mol. The van der Waals surface area contributed by atoms with Gasteiger partial charge in [0.05, 0.1) is 17.0 Å². The van der Waals surface area contributed by atoms with Gasteiger partial charge in [-0.3, -0.25) is 0 Å². The van der Waals surface area contributed by atoms with Crippen molar-refractivity contribution in [3.05, 3.63) is 36.2 Å². The van der Waals surface area contributed by atoms with Crippen molar-refractivity contribution in [2.24, 2.45) is 5.41 Å². The first-order chi connectivity index (χ1) is 15.6. The lowest BCUT2D eigenvalue weighted by Crippen LogP contribution is -2.11. The number of aryl methyl sites for hydroxylation is 1. The minimum absolute atomic E-state index is 0.432. The normalized spacial score (nSPS) is 11.6. The van der Waals surface area contributed by atoms with E-state index in [1.165, 1.54) is 70.6 Å². The number of nitrogens with zero attached hydrogens (tertiary/aromatic N) is 3. The summed E-state index contributed by atoms with van der Waals surface area (Å²) in [6.07, 6.45) is 16.9. The number of hydrogen-bond donors (Lipinski definition) is 0. The summed E-state index contributed by atoms with van der Waals surface area (Å²) < 4.78 is 6.07. The monoisotopic (exact) mass is 453 g/mol. The van der Waals surface area contributed by atoms with Crippen molar-refractivity contribution in [2.45, 2.75) is 111 Å². The molecule has 0 N–H and O–H groups in total. The molecule has 4 nitrogen and oxygen atoms in total. The Bertz CT molecular complexity index is 749. The van der Waals surface area contributed by atoms with Crippen LogP contribution in [0, 0.1) is 5.41 Å². The van der Waals surface area contributed by atoms with Gasteiger partial charge in [0.15, 0.2) is 0 Å². The Morgan fingerprint density at radius 2 is 1.62 bits per heavy atom. The van der Waals surface area contributed by atoms with Gasteiger partial charge in [-0.25, -0.2) is 4.98 Å². The maximum Gasteiger partial charge on any atom is 0.312 e. The second-order valence-corrected chi connectivity index (χ2v) is 10.6. The zero-order valence-corrected chi connectivity index (χ0v) is 21.8. The molecule has 2 rings (SSSR count). The molecule has 0 saturated carbocycles. The van der Waals surface area contributed by atoms with Gasteiger partial charge in [0.25, 0.3) is 0 Å². The van der Waals surface area contributed by atoms with Crippen LogP contribution in [0.5, 0.6) is 5.88 Å². The van der Waals surface area contributed by atoms with Gasteiger partial charge in [-0.05, 0) is 61.4 Å². The summed E-state index contributed by atoms with van der Waals surface area (Å²) in [6, 6.07) is 9.20. The number of pyridine rings is 1. The first kappa shape index (κ1) is 26.5. The van der Waals surface area contributed by atoms with E-state index in [2.05, 4.69) is 55.0 Å². The number of aromatic nitrogens is 3. The van der Waals surface area contributed by atoms with E-state index < -0.39 is 0 Å². The molecule has 0 amide bonds. The molecule has 0 aromatic carbocycles. The summed E-state index contributed by atoms with van der Waals surface area (Å²) in [7, 11) is 0.432. The van der Waals surface area contributed by atoms with E-state index in [0.29, 0.717) is 21.1 Å². The van der Waals surface area contributed by atoms with Crippen molar-refractivity contribution in [1.29, 1.82) is 0 Å². The van der Waals surface area contributed by atoms with Gasteiger partial charge in [-0.1, -0.05) is 79.1 Å². The third kappa shape index (κ3) is 10.2. The maximum absolute atomic E-state index is 6.07. The summed E-state index contributed by atoms with van der Waals surface area (Å²) in [5, 5.41) is 8.91. The van der Waals surface area contributed by atoms with Crippen LogP contribution in [0.4, 0.5) is 0 Å². The fourth-order valence-corrected chi connectivity index (χ4v) is 4.71. The summed E-state index contributed by atoms with van der Waals surface area (Å²) in [5.41, 5.74) is 3.31. The Kier molecular flexibility index (Phi) is 12.5. The quantitative estimate of drug-likeness (QED) is 0.181. The van der Waals surface area contributed by atoms with Crippen molar-refractivity contribution in [2.75, 3.05) is 0 Å². The zero-order valence-electron chi connectivity index (χ0n) is 20.8. The molecule has 0 fully saturated rings. The van der Waals surface area contributed by atoms with Gasteiger partial charge in [0, 0.05) is 6.20 Å². The van der Waals surface area contributed by atoms with Crippen molar-refractivity contribution in [3.8, 4) is 17.1 Å². The average Bonchev–Trinajstić information content (AvgIpc) is 2.80. The lowest BCUT2D eigenvalue weighted by Gasteiger charge is -2.24. The van der Waals surface area contributed by atoms with Crippen molar-refractivity contribution in [3.63, 3.8) is 0 Å². The molecule has 2 radical (unpaired) electrons. The van der Waals surface area contributed by atoms with Crippen LogP contribution in [0.3, 0.4) is 0 Å². The van der Waals surface area contributed by atoms with Crippen LogP contribution in [0.15, 0.2) is 30.5 Å². The molecule has 0 unspecified atom stereocenters. The van der Waals surface area contributed by atoms with Gasteiger partial charge >= 0.3 is 9.76 Å². The van der Waals surface area contributed by atoms with Crippen molar-refractivity contribution >= 4 is 9.76 Å². The Labute approximate surface area is 198 Å². The largest absolute Gasteiger partial charge is 0.528 e.